The lowest BCUT2D eigenvalue weighted by atomic mass is 10.1. The van der Waals surface area contributed by atoms with E-state index in [1.807, 2.05) is 32.0 Å². The lowest BCUT2D eigenvalue weighted by Crippen LogP contribution is -2.28. The first-order valence-electron chi connectivity index (χ1n) is 9.00. The molecule has 2 saturated heterocycles. The molecule has 2 aliphatic heterocycles. The Morgan fingerprint density at radius 1 is 1.44 bits per heavy atom. The molecule has 2 aliphatic rings. The van der Waals surface area contributed by atoms with E-state index in [2.05, 4.69) is 5.32 Å². The molecule has 2 atom stereocenters. The summed E-state index contributed by atoms with van der Waals surface area (Å²) < 4.78 is 11.5. The van der Waals surface area contributed by atoms with E-state index in [0.29, 0.717) is 31.1 Å². The third kappa shape index (κ3) is 4.31. The second kappa shape index (κ2) is 7.87. The fourth-order valence-corrected chi connectivity index (χ4v) is 3.30. The van der Waals surface area contributed by atoms with Crippen molar-refractivity contribution in [1.29, 1.82) is 0 Å². The van der Waals surface area contributed by atoms with Gasteiger partial charge in [-0.1, -0.05) is 6.07 Å². The van der Waals surface area contributed by atoms with Gasteiger partial charge in [-0.05, 0) is 44.4 Å². The van der Waals surface area contributed by atoms with Crippen molar-refractivity contribution >= 4 is 17.5 Å². The Bertz CT molecular complexity index is 640. The van der Waals surface area contributed by atoms with Crippen LogP contribution >= 0.6 is 0 Å². The van der Waals surface area contributed by atoms with Crippen molar-refractivity contribution in [2.45, 2.75) is 39.2 Å². The van der Waals surface area contributed by atoms with Gasteiger partial charge in [0, 0.05) is 26.1 Å². The number of carbonyl (C=O) groups excluding carboxylic acids is 2. The van der Waals surface area contributed by atoms with E-state index in [4.69, 9.17) is 9.47 Å². The number of likely N-dealkylation sites (tertiary alicyclic amines) is 1. The number of nitrogens with zero attached hydrogens (tertiary/aromatic N) is 1. The standard InChI is InChI=1S/C19H26N2O4/c1-3-21-11-14(10-18(21)22)19(23)20-16-7-6-13(2)9-17(16)25-12-15-5-4-8-24-15/h6-7,9,14-15H,3-5,8,10-12H2,1-2H3,(H,20,23)/t14-,15-/m0/s1. The molecule has 0 spiro atoms. The van der Waals surface area contributed by atoms with E-state index in [-0.39, 0.29) is 30.3 Å². The van der Waals surface area contributed by atoms with Crippen molar-refractivity contribution in [2.24, 2.45) is 5.92 Å². The second-order valence-electron chi connectivity index (χ2n) is 6.77. The number of hydrogen-bond acceptors (Lipinski definition) is 4. The summed E-state index contributed by atoms with van der Waals surface area (Å²) in [5, 5.41) is 2.94. The van der Waals surface area contributed by atoms with Gasteiger partial charge in [0.15, 0.2) is 0 Å². The van der Waals surface area contributed by atoms with E-state index in [0.717, 1.165) is 25.0 Å². The monoisotopic (exact) mass is 346 g/mol. The van der Waals surface area contributed by atoms with Gasteiger partial charge >= 0.3 is 0 Å². The van der Waals surface area contributed by atoms with Crippen molar-refractivity contribution in [3.8, 4) is 5.75 Å². The van der Waals surface area contributed by atoms with Crippen LogP contribution < -0.4 is 10.1 Å². The molecule has 136 valence electrons. The van der Waals surface area contributed by atoms with Gasteiger partial charge in [-0.2, -0.15) is 0 Å². The summed E-state index contributed by atoms with van der Waals surface area (Å²) in [5.41, 5.74) is 1.71. The largest absolute Gasteiger partial charge is 0.489 e. The molecular weight excluding hydrogens is 320 g/mol. The zero-order valence-electron chi connectivity index (χ0n) is 14.9. The quantitative estimate of drug-likeness (QED) is 0.859. The summed E-state index contributed by atoms with van der Waals surface area (Å²) in [6.45, 7) is 6.31. The van der Waals surface area contributed by atoms with Crippen molar-refractivity contribution < 1.29 is 19.1 Å². The van der Waals surface area contributed by atoms with Gasteiger partial charge in [0.25, 0.3) is 0 Å². The van der Waals surface area contributed by atoms with Crippen LogP contribution in [0.25, 0.3) is 0 Å². The number of nitrogens with one attached hydrogen (secondary N) is 1. The average molecular weight is 346 g/mol. The molecule has 0 aliphatic carbocycles. The fourth-order valence-electron chi connectivity index (χ4n) is 3.30. The van der Waals surface area contributed by atoms with Gasteiger partial charge in [-0.3, -0.25) is 9.59 Å². The number of aryl methyl sites for hydroxylation is 1. The number of rotatable bonds is 6. The summed E-state index contributed by atoms with van der Waals surface area (Å²) in [4.78, 5) is 26.1. The van der Waals surface area contributed by atoms with Crippen LogP contribution in [0.3, 0.4) is 0 Å². The molecule has 0 radical (unpaired) electrons. The molecule has 1 aromatic carbocycles. The van der Waals surface area contributed by atoms with E-state index in [1.165, 1.54) is 0 Å². The predicted molar refractivity (Wildman–Crippen MR) is 94.6 cm³/mol. The molecule has 0 unspecified atom stereocenters. The van der Waals surface area contributed by atoms with Crippen LogP contribution in [0.1, 0.15) is 31.7 Å². The van der Waals surface area contributed by atoms with Gasteiger partial charge in [-0.15, -0.1) is 0 Å². The van der Waals surface area contributed by atoms with Gasteiger partial charge < -0.3 is 19.7 Å². The minimum atomic E-state index is -0.306. The van der Waals surface area contributed by atoms with E-state index in [9.17, 15) is 9.59 Å². The molecule has 25 heavy (non-hydrogen) atoms. The highest BCUT2D eigenvalue weighted by molar-refractivity contribution is 5.98. The Kier molecular flexibility index (Phi) is 5.58. The molecule has 0 bridgehead atoms. The molecule has 6 heteroatoms. The van der Waals surface area contributed by atoms with Gasteiger partial charge in [-0.25, -0.2) is 0 Å². The summed E-state index contributed by atoms with van der Waals surface area (Å²) in [6, 6.07) is 5.71. The van der Waals surface area contributed by atoms with Gasteiger partial charge in [0.05, 0.1) is 17.7 Å². The first-order chi connectivity index (χ1) is 12.1. The minimum absolute atomic E-state index is 0.0430. The van der Waals surface area contributed by atoms with Gasteiger partial charge in [0.1, 0.15) is 12.4 Å². The molecule has 3 rings (SSSR count). The number of ether oxygens (including phenoxy) is 2. The first-order valence-corrected chi connectivity index (χ1v) is 9.00. The molecule has 0 saturated carbocycles. The summed E-state index contributed by atoms with van der Waals surface area (Å²) in [5.74, 6) is 0.261. The van der Waals surface area contributed by atoms with Crippen LogP contribution in [0.2, 0.25) is 0 Å². The minimum Gasteiger partial charge on any atom is -0.489 e. The van der Waals surface area contributed by atoms with Crippen molar-refractivity contribution in [2.75, 3.05) is 31.6 Å². The second-order valence-corrected chi connectivity index (χ2v) is 6.77. The molecule has 2 fully saturated rings. The lowest BCUT2D eigenvalue weighted by molar-refractivity contribution is -0.128. The Labute approximate surface area is 148 Å². The topological polar surface area (TPSA) is 67.9 Å². The van der Waals surface area contributed by atoms with Crippen LogP contribution in [0.5, 0.6) is 5.75 Å². The van der Waals surface area contributed by atoms with Crippen molar-refractivity contribution in [3.63, 3.8) is 0 Å². The smallest absolute Gasteiger partial charge is 0.229 e. The Morgan fingerprint density at radius 2 is 2.28 bits per heavy atom. The molecular formula is C19H26N2O4. The number of hydrogen-bond donors (Lipinski definition) is 1. The maximum Gasteiger partial charge on any atom is 0.229 e. The van der Waals surface area contributed by atoms with Crippen LogP contribution in [-0.4, -0.2) is 49.1 Å². The summed E-state index contributed by atoms with van der Waals surface area (Å²) in [7, 11) is 0. The van der Waals surface area contributed by atoms with Crippen molar-refractivity contribution in [1.82, 2.24) is 4.90 Å². The van der Waals surface area contributed by atoms with Crippen LogP contribution in [0.15, 0.2) is 18.2 Å². The Hall–Kier alpha value is -2.08. The fraction of sp³-hybridized carbons (Fsp3) is 0.579. The number of carbonyl (C=O) groups is 2. The highest BCUT2D eigenvalue weighted by atomic mass is 16.5. The zero-order chi connectivity index (χ0) is 17.8. The van der Waals surface area contributed by atoms with Crippen LogP contribution in [-0.2, 0) is 14.3 Å². The normalized spacial score (nSPS) is 23.1. The van der Waals surface area contributed by atoms with E-state index < -0.39 is 0 Å². The zero-order valence-corrected chi connectivity index (χ0v) is 14.9. The Morgan fingerprint density at radius 3 is 2.96 bits per heavy atom. The predicted octanol–water partition coefficient (Wildman–Crippen LogP) is 2.36. The molecule has 2 amide bonds. The molecule has 0 aromatic heterocycles. The average Bonchev–Trinajstić information content (AvgIpc) is 3.24. The Balaban J connectivity index is 1.64. The maximum atomic E-state index is 12.5. The third-order valence-electron chi connectivity index (χ3n) is 4.81. The summed E-state index contributed by atoms with van der Waals surface area (Å²) in [6.07, 6.45) is 2.46. The van der Waals surface area contributed by atoms with Crippen LogP contribution in [0.4, 0.5) is 5.69 Å². The van der Waals surface area contributed by atoms with E-state index in [1.54, 1.807) is 4.90 Å². The molecule has 6 nitrogen and oxygen atoms in total. The highest BCUT2D eigenvalue weighted by Gasteiger charge is 2.33. The molecule has 1 aromatic rings. The number of amides is 2. The number of benzene rings is 1. The lowest BCUT2D eigenvalue weighted by Gasteiger charge is -2.17. The molecule has 2 heterocycles. The first kappa shape index (κ1) is 17.7. The number of anilines is 1. The third-order valence-corrected chi connectivity index (χ3v) is 4.81. The summed E-state index contributed by atoms with van der Waals surface area (Å²) >= 11 is 0. The van der Waals surface area contributed by atoms with Crippen LogP contribution in [0, 0.1) is 12.8 Å². The van der Waals surface area contributed by atoms with E-state index >= 15 is 0 Å². The molecule has 1 N–H and O–H groups in total. The highest BCUT2D eigenvalue weighted by Crippen LogP contribution is 2.28. The van der Waals surface area contributed by atoms with Crippen molar-refractivity contribution in [3.05, 3.63) is 23.8 Å². The van der Waals surface area contributed by atoms with Gasteiger partial charge in [0.2, 0.25) is 11.8 Å². The SMILES string of the molecule is CCN1C[C@@H](C(=O)Nc2ccc(C)cc2OC[C@@H]2CCCO2)CC1=O. The maximum absolute atomic E-state index is 12.5.